The van der Waals surface area contributed by atoms with Gasteiger partial charge in [0.2, 0.25) is 5.91 Å². The normalized spacial score (nSPS) is 10.6. The molecule has 0 fully saturated rings. The number of carbonyl (C=O) groups is 2. The van der Waals surface area contributed by atoms with Crippen LogP contribution in [0.25, 0.3) is 6.08 Å². The van der Waals surface area contributed by atoms with E-state index in [0.29, 0.717) is 22.1 Å². The average Bonchev–Trinajstić information content (AvgIpc) is 3.23. The summed E-state index contributed by atoms with van der Waals surface area (Å²) in [5.41, 5.74) is 1.75. The van der Waals surface area contributed by atoms with Crippen LogP contribution in [0.4, 0.5) is 11.4 Å². The molecule has 142 valence electrons. The zero-order valence-electron chi connectivity index (χ0n) is 14.9. The van der Waals surface area contributed by atoms with Gasteiger partial charge in [0.15, 0.2) is 5.76 Å². The Hall–Kier alpha value is -3.51. The van der Waals surface area contributed by atoms with Crippen LogP contribution in [0.1, 0.15) is 16.1 Å². The Kier molecular flexibility index (Phi) is 6.14. The summed E-state index contributed by atoms with van der Waals surface area (Å²) in [5, 5.41) is 6.07. The van der Waals surface area contributed by atoms with Gasteiger partial charge in [0.1, 0.15) is 5.75 Å². The van der Waals surface area contributed by atoms with Gasteiger partial charge in [-0.25, -0.2) is 0 Å². The van der Waals surface area contributed by atoms with Crippen LogP contribution in [0.2, 0.25) is 5.02 Å². The van der Waals surface area contributed by atoms with E-state index in [2.05, 4.69) is 10.6 Å². The second-order valence-electron chi connectivity index (χ2n) is 5.72. The maximum Gasteiger partial charge on any atom is 0.291 e. The molecular weight excluding hydrogens is 380 g/mol. The third kappa shape index (κ3) is 5.02. The first-order valence-corrected chi connectivity index (χ1v) is 8.70. The van der Waals surface area contributed by atoms with Crippen molar-refractivity contribution in [2.45, 2.75) is 0 Å². The van der Waals surface area contributed by atoms with Gasteiger partial charge < -0.3 is 19.8 Å². The van der Waals surface area contributed by atoms with Crippen LogP contribution in [0.3, 0.4) is 0 Å². The summed E-state index contributed by atoms with van der Waals surface area (Å²) in [6, 6.07) is 15.2. The SMILES string of the molecule is COc1ccc(NC(=O)c2ccco2)cc1NC(=O)/C=C/c1ccc(Cl)cc1. The molecule has 2 aromatic carbocycles. The molecule has 3 rings (SSSR count). The van der Waals surface area contributed by atoms with Gasteiger partial charge in [0.05, 0.1) is 19.1 Å². The lowest BCUT2D eigenvalue weighted by Crippen LogP contribution is -2.12. The van der Waals surface area contributed by atoms with Crippen molar-refractivity contribution in [3.63, 3.8) is 0 Å². The molecule has 0 saturated heterocycles. The van der Waals surface area contributed by atoms with Crippen LogP contribution in [-0.2, 0) is 4.79 Å². The number of carbonyl (C=O) groups excluding carboxylic acids is 2. The van der Waals surface area contributed by atoms with E-state index in [1.165, 1.54) is 19.4 Å². The molecule has 0 saturated carbocycles. The van der Waals surface area contributed by atoms with E-state index >= 15 is 0 Å². The molecule has 0 aliphatic heterocycles. The first-order chi connectivity index (χ1) is 13.5. The highest BCUT2D eigenvalue weighted by atomic mass is 35.5. The first-order valence-electron chi connectivity index (χ1n) is 8.32. The molecule has 0 aliphatic rings. The Bertz CT molecular complexity index is 996. The summed E-state index contributed by atoms with van der Waals surface area (Å²) in [6.07, 6.45) is 4.49. The summed E-state index contributed by atoms with van der Waals surface area (Å²) in [4.78, 5) is 24.4. The lowest BCUT2D eigenvalue weighted by Gasteiger charge is -2.11. The molecule has 0 bridgehead atoms. The van der Waals surface area contributed by atoms with Gasteiger partial charge in [-0.1, -0.05) is 23.7 Å². The molecule has 28 heavy (non-hydrogen) atoms. The number of hydrogen-bond donors (Lipinski definition) is 2. The van der Waals surface area contributed by atoms with Crippen LogP contribution in [-0.4, -0.2) is 18.9 Å². The smallest absolute Gasteiger partial charge is 0.291 e. The van der Waals surface area contributed by atoms with Gasteiger partial charge in [0.25, 0.3) is 5.91 Å². The molecule has 0 radical (unpaired) electrons. The molecule has 0 aliphatic carbocycles. The number of hydrogen-bond acceptors (Lipinski definition) is 4. The van der Waals surface area contributed by atoms with E-state index in [0.717, 1.165) is 5.56 Å². The second kappa shape index (κ2) is 8.92. The van der Waals surface area contributed by atoms with Gasteiger partial charge in [-0.3, -0.25) is 9.59 Å². The number of methoxy groups -OCH3 is 1. The fourth-order valence-electron chi connectivity index (χ4n) is 2.40. The number of rotatable bonds is 6. The zero-order valence-corrected chi connectivity index (χ0v) is 15.7. The minimum absolute atomic E-state index is 0.187. The van der Waals surface area contributed by atoms with Gasteiger partial charge >= 0.3 is 0 Å². The lowest BCUT2D eigenvalue weighted by atomic mass is 10.2. The van der Waals surface area contributed by atoms with Crippen molar-refractivity contribution in [2.24, 2.45) is 0 Å². The number of benzene rings is 2. The van der Waals surface area contributed by atoms with E-state index < -0.39 is 5.91 Å². The monoisotopic (exact) mass is 396 g/mol. The van der Waals surface area contributed by atoms with E-state index in [1.807, 2.05) is 0 Å². The molecular formula is C21H17ClN2O4. The third-order valence-electron chi connectivity index (χ3n) is 3.76. The highest BCUT2D eigenvalue weighted by Gasteiger charge is 2.12. The third-order valence-corrected chi connectivity index (χ3v) is 4.01. The Morgan fingerprint density at radius 2 is 1.86 bits per heavy atom. The molecule has 1 aromatic heterocycles. The van der Waals surface area contributed by atoms with Crippen molar-refractivity contribution in [3.8, 4) is 5.75 Å². The molecule has 0 atom stereocenters. The summed E-state index contributed by atoms with van der Waals surface area (Å²) in [5.74, 6) is -0.0885. The Labute approximate surface area is 166 Å². The topological polar surface area (TPSA) is 80.6 Å². The molecule has 0 spiro atoms. The fraction of sp³-hybridized carbons (Fsp3) is 0.0476. The summed E-state index contributed by atoms with van der Waals surface area (Å²) >= 11 is 5.85. The lowest BCUT2D eigenvalue weighted by molar-refractivity contribution is -0.111. The minimum Gasteiger partial charge on any atom is -0.495 e. The standard InChI is InChI=1S/C21H17ClN2O4/c1-27-18-10-9-16(23-21(26)19-3-2-12-28-19)13-17(18)24-20(25)11-6-14-4-7-15(22)8-5-14/h2-13H,1H3,(H,23,26)(H,24,25)/b11-6+. The van der Waals surface area contributed by atoms with Crippen molar-refractivity contribution in [2.75, 3.05) is 17.7 Å². The van der Waals surface area contributed by atoms with Crippen LogP contribution in [0.5, 0.6) is 5.75 Å². The molecule has 3 aromatic rings. The van der Waals surface area contributed by atoms with E-state index in [1.54, 1.807) is 60.7 Å². The fourth-order valence-corrected chi connectivity index (χ4v) is 2.53. The highest BCUT2D eigenvalue weighted by molar-refractivity contribution is 6.30. The Morgan fingerprint density at radius 3 is 2.54 bits per heavy atom. The predicted molar refractivity (Wildman–Crippen MR) is 109 cm³/mol. The second-order valence-corrected chi connectivity index (χ2v) is 6.16. The molecule has 2 amide bonds. The van der Waals surface area contributed by atoms with E-state index in [9.17, 15) is 9.59 Å². The van der Waals surface area contributed by atoms with Crippen LogP contribution >= 0.6 is 11.6 Å². The Balaban J connectivity index is 1.71. The molecule has 2 N–H and O–H groups in total. The van der Waals surface area contributed by atoms with Gasteiger partial charge in [-0.2, -0.15) is 0 Å². The van der Waals surface area contributed by atoms with Crippen LogP contribution in [0, 0.1) is 0 Å². The van der Waals surface area contributed by atoms with Gasteiger partial charge in [0, 0.05) is 16.8 Å². The largest absolute Gasteiger partial charge is 0.495 e. The number of nitrogens with one attached hydrogen (secondary N) is 2. The molecule has 6 nitrogen and oxygen atoms in total. The number of ether oxygens (including phenoxy) is 1. The maximum absolute atomic E-state index is 12.3. The van der Waals surface area contributed by atoms with Crippen LogP contribution in [0.15, 0.2) is 71.4 Å². The van der Waals surface area contributed by atoms with Crippen molar-refractivity contribution < 1.29 is 18.7 Å². The van der Waals surface area contributed by atoms with Crippen molar-refractivity contribution >= 4 is 40.9 Å². The molecule has 0 unspecified atom stereocenters. The quantitative estimate of drug-likeness (QED) is 0.584. The number of furan rings is 1. The van der Waals surface area contributed by atoms with Gasteiger partial charge in [-0.05, 0) is 54.1 Å². The summed E-state index contributed by atoms with van der Waals surface area (Å²) in [6.45, 7) is 0. The molecule has 7 heteroatoms. The van der Waals surface area contributed by atoms with E-state index in [-0.39, 0.29) is 11.7 Å². The van der Waals surface area contributed by atoms with Crippen molar-refractivity contribution in [1.29, 1.82) is 0 Å². The molecule has 1 heterocycles. The van der Waals surface area contributed by atoms with Gasteiger partial charge in [-0.15, -0.1) is 0 Å². The number of halogens is 1. The first kappa shape index (κ1) is 19.3. The number of amides is 2. The van der Waals surface area contributed by atoms with Crippen molar-refractivity contribution in [3.05, 3.63) is 83.3 Å². The van der Waals surface area contributed by atoms with Crippen molar-refractivity contribution in [1.82, 2.24) is 0 Å². The maximum atomic E-state index is 12.3. The van der Waals surface area contributed by atoms with E-state index in [4.69, 9.17) is 20.8 Å². The Morgan fingerprint density at radius 1 is 1.07 bits per heavy atom. The number of anilines is 2. The summed E-state index contributed by atoms with van der Waals surface area (Å²) < 4.78 is 10.3. The minimum atomic E-state index is -0.393. The highest BCUT2D eigenvalue weighted by Crippen LogP contribution is 2.28. The predicted octanol–water partition coefficient (Wildman–Crippen LogP) is 4.85. The van der Waals surface area contributed by atoms with Crippen LogP contribution < -0.4 is 15.4 Å². The zero-order chi connectivity index (χ0) is 19.9. The average molecular weight is 397 g/mol. The summed E-state index contributed by atoms with van der Waals surface area (Å²) in [7, 11) is 1.50.